The average molecular weight is 265 g/mol. The van der Waals surface area contributed by atoms with Crippen LogP contribution in [0.25, 0.3) is 0 Å². The quantitative estimate of drug-likeness (QED) is 0.825. The van der Waals surface area contributed by atoms with Gasteiger partial charge >= 0.3 is 0 Å². The Balaban J connectivity index is 1.73. The van der Waals surface area contributed by atoms with Gasteiger partial charge in [-0.25, -0.2) is 0 Å². The van der Waals surface area contributed by atoms with Crippen molar-refractivity contribution in [1.82, 2.24) is 0 Å². The highest BCUT2D eigenvalue weighted by Gasteiger charge is 2.62. The van der Waals surface area contributed by atoms with Crippen LogP contribution >= 0.6 is 0 Å². The minimum Gasteiger partial charge on any atom is -0.373 e. The van der Waals surface area contributed by atoms with Crippen LogP contribution < -0.4 is 5.73 Å². The maximum Gasteiger partial charge on any atom is 0.0735 e. The van der Waals surface area contributed by atoms with Gasteiger partial charge in [0.25, 0.3) is 0 Å². The van der Waals surface area contributed by atoms with Gasteiger partial charge in [0.05, 0.1) is 12.2 Å². The van der Waals surface area contributed by atoms with Crippen LogP contribution in [0, 0.1) is 22.2 Å². The molecule has 2 nitrogen and oxygen atoms in total. The van der Waals surface area contributed by atoms with Gasteiger partial charge < -0.3 is 10.5 Å². The van der Waals surface area contributed by atoms with Crippen molar-refractivity contribution in [3.63, 3.8) is 0 Å². The fourth-order valence-electron chi connectivity index (χ4n) is 5.06. The van der Waals surface area contributed by atoms with Crippen molar-refractivity contribution in [1.29, 1.82) is 0 Å². The molecule has 0 radical (unpaired) electrons. The lowest BCUT2D eigenvalue weighted by Crippen LogP contribution is -2.46. The fourth-order valence-corrected chi connectivity index (χ4v) is 5.06. The Morgan fingerprint density at radius 1 is 1.00 bits per heavy atom. The normalized spacial score (nSPS) is 50.8. The summed E-state index contributed by atoms with van der Waals surface area (Å²) in [6.07, 6.45) is 7.05. The highest BCUT2D eigenvalue weighted by Crippen LogP contribution is 2.66. The van der Waals surface area contributed by atoms with E-state index in [4.69, 9.17) is 10.5 Å². The van der Waals surface area contributed by atoms with Gasteiger partial charge in [-0.05, 0) is 54.3 Å². The summed E-state index contributed by atoms with van der Waals surface area (Å²) < 4.78 is 6.57. The third-order valence-corrected chi connectivity index (χ3v) is 7.43. The van der Waals surface area contributed by atoms with E-state index in [-0.39, 0.29) is 17.6 Å². The molecule has 19 heavy (non-hydrogen) atoms. The molecular weight excluding hydrogens is 234 g/mol. The predicted octanol–water partition coefficient (Wildman–Crippen LogP) is 3.73. The molecule has 3 aliphatic rings. The number of nitrogens with two attached hydrogens (primary N) is 1. The molecular formula is C17H31NO. The summed E-state index contributed by atoms with van der Waals surface area (Å²) in [5.74, 6) is 0.855. The monoisotopic (exact) mass is 265 g/mol. The van der Waals surface area contributed by atoms with Crippen LogP contribution in [0.15, 0.2) is 0 Å². The second-order valence-electron chi connectivity index (χ2n) is 8.83. The van der Waals surface area contributed by atoms with Gasteiger partial charge in [0.1, 0.15) is 0 Å². The van der Waals surface area contributed by atoms with E-state index in [1.54, 1.807) is 0 Å². The van der Waals surface area contributed by atoms with Crippen LogP contribution in [0.2, 0.25) is 0 Å². The molecule has 5 atom stereocenters. The van der Waals surface area contributed by atoms with Gasteiger partial charge in [0.2, 0.25) is 0 Å². The van der Waals surface area contributed by atoms with Gasteiger partial charge in [-0.15, -0.1) is 0 Å². The summed E-state index contributed by atoms with van der Waals surface area (Å²) >= 11 is 0. The van der Waals surface area contributed by atoms with E-state index in [9.17, 15) is 0 Å². The molecule has 0 aliphatic heterocycles. The first kappa shape index (κ1) is 13.9. The van der Waals surface area contributed by atoms with E-state index in [1.165, 1.54) is 25.7 Å². The van der Waals surface area contributed by atoms with Gasteiger partial charge in [-0.2, -0.15) is 0 Å². The Labute approximate surface area is 118 Å². The summed E-state index contributed by atoms with van der Waals surface area (Å²) in [6, 6.07) is 0.207. The molecule has 2 bridgehead atoms. The van der Waals surface area contributed by atoms with Crippen LogP contribution in [0.5, 0.6) is 0 Å². The molecule has 0 aromatic heterocycles. The standard InChI is InChI=1S/C17H31NO/c1-15(2)8-7-12(14(15)18)19-13-10-11-6-9-17(13,5)16(11,3)4/h11-14H,6-10,18H2,1-5H3. The third kappa shape index (κ3) is 1.75. The van der Waals surface area contributed by atoms with E-state index >= 15 is 0 Å². The van der Waals surface area contributed by atoms with Crippen LogP contribution in [0.4, 0.5) is 0 Å². The minimum atomic E-state index is 0.207. The Hall–Kier alpha value is -0.0800. The molecule has 0 aromatic carbocycles. The highest BCUT2D eigenvalue weighted by molar-refractivity contribution is 5.11. The van der Waals surface area contributed by atoms with Crippen molar-refractivity contribution < 1.29 is 4.74 Å². The van der Waals surface area contributed by atoms with Crippen molar-refractivity contribution in [3.05, 3.63) is 0 Å². The molecule has 3 saturated carbocycles. The zero-order valence-electron chi connectivity index (χ0n) is 13.3. The van der Waals surface area contributed by atoms with E-state index in [0.29, 0.717) is 16.9 Å². The second-order valence-corrected chi connectivity index (χ2v) is 8.83. The largest absolute Gasteiger partial charge is 0.373 e. The van der Waals surface area contributed by atoms with Crippen molar-refractivity contribution in [3.8, 4) is 0 Å². The molecule has 0 amide bonds. The Morgan fingerprint density at radius 2 is 1.68 bits per heavy atom. The first-order chi connectivity index (χ1) is 8.68. The Morgan fingerprint density at radius 3 is 2.11 bits per heavy atom. The smallest absolute Gasteiger partial charge is 0.0735 e. The molecule has 2 heteroatoms. The summed E-state index contributed by atoms with van der Waals surface area (Å²) in [6.45, 7) is 11.9. The second kappa shape index (κ2) is 3.98. The maximum absolute atomic E-state index is 6.57. The molecule has 0 aromatic rings. The van der Waals surface area contributed by atoms with Crippen molar-refractivity contribution >= 4 is 0 Å². The first-order valence-electron chi connectivity index (χ1n) is 8.09. The number of fused-ring (bicyclic) bond motifs is 2. The predicted molar refractivity (Wildman–Crippen MR) is 78.9 cm³/mol. The van der Waals surface area contributed by atoms with Crippen molar-refractivity contribution in [2.75, 3.05) is 0 Å². The zero-order chi connectivity index (χ0) is 14.1. The number of ether oxygens (including phenoxy) is 1. The Kier molecular flexibility index (Phi) is 2.91. The topological polar surface area (TPSA) is 35.2 Å². The van der Waals surface area contributed by atoms with Crippen LogP contribution in [0.3, 0.4) is 0 Å². The zero-order valence-corrected chi connectivity index (χ0v) is 13.3. The summed E-state index contributed by atoms with van der Waals surface area (Å²) in [4.78, 5) is 0. The average Bonchev–Trinajstić information content (AvgIpc) is 2.77. The molecule has 5 unspecified atom stereocenters. The van der Waals surface area contributed by atoms with Gasteiger partial charge in [0.15, 0.2) is 0 Å². The number of hydrogen-bond donors (Lipinski definition) is 1. The van der Waals surface area contributed by atoms with Crippen LogP contribution in [-0.2, 0) is 4.74 Å². The minimum absolute atomic E-state index is 0.207. The lowest BCUT2D eigenvalue weighted by molar-refractivity contribution is -0.0915. The van der Waals surface area contributed by atoms with Gasteiger partial charge in [0, 0.05) is 6.04 Å². The van der Waals surface area contributed by atoms with Crippen LogP contribution in [0.1, 0.15) is 66.7 Å². The fraction of sp³-hybridized carbons (Fsp3) is 1.00. The van der Waals surface area contributed by atoms with Crippen molar-refractivity contribution in [2.45, 2.75) is 85.0 Å². The van der Waals surface area contributed by atoms with E-state index < -0.39 is 0 Å². The highest BCUT2D eigenvalue weighted by atomic mass is 16.5. The lowest BCUT2D eigenvalue weighted by Gasteiger charge is -2.41. The van der Waals surface area contributed by atoms with Gasteiger partial charge in [-0.1, -0.05) is 34.6 Å². The first-order valence-corrected chi connectivity index (χ1v) is 8.09. The molecule has 3 aliphatic carbocycles. The molecule has 0 heterocycles. The molecule has 110 valence electrons. The third-order valence-electron chi connectivity index (χ3n) is 7.43. The van der Waals surface area contributed by atoms with E-state index in [1.807, 2.05) is 0 Å². The summed E-state index contributed by atoms with van der Waals surface area (Å²) in [7, 11) is 0. The maximum atomic E-state index is 6.57. The SMILES string of the molecule is CC1(C)CCC(OC2CC3CCC2(C)C3(C)C)C1N. The molecule has 0 saturated heterocycles. The lowest BCUT2D eigenvalue weighted by atomic mass is 9.70. The number of hydrogen-bond acceptors (Lipinski definition) is 2. The van der Waals surface area contributed by atoms with E-state index in [2.05, 4.69) is 34.6 Å². The molecule has 3 fully saturated rings. The van der Waals surface area contributed by atoms with Gasteiger partial charge in [-0.3, -0.25) is 0 Å². The Bertz CT molecular complexity index is 375. The number of rotatable bonds is 2. The molecule has 0 spiro atoms. The summed E-state index contributed by atoms with van der Waals surface area (Å²) in [5.41, 5.74) is 7.47. The van der Waals surface area contributed by atoms with Crippen LogP contribution in [-0.4, -0.2) is 18.2 Å². The van der Waals surface area contributed by atoms with Crippen molar-refractivity contribution in [2.24, 2.45) is 27.9 Å². The molecule has 2 N–H and O–H groups in total. The van der Waals surface area contributed by atoms with E-state index in [0.717, 1.165) is 12.3 Å². The molecule has 3 rings (SSSR count). The summed E-state index contributed by atoms with van der Waals surface area (Å²) in [5, 5.41) is 0.